The lowest BCUT2D eigenvalue weighted by Gasteiger charge is -2.23. The summed E-state index contributed by atoms with van der Waals surface area (Å²) in [7, 11) is 0. The number of aromatic nitrogens is 12. The molecule has 34 nitrogen and oxygen atoms in total. The van der Waals surface area contributed by atoms with Crippen molar-refractivity contribution in [3.05, 3.63) is 191 Å². The number of carboxylic acids is 1. The van der Waals surface area contributed by atoms with E-state index in [0.29, 0.717) is 55.5 Å². The van der Waals surface area contributed by atoms with E-state index in [2.05, 4.69) is 114 Å². The molecule has 12 rings (SSSR count). The monoisotopic (exact) mass is 1770 g/mol. The van der Waals surface area contributed by atoms with Crippen LogP contribution in [0.15, 0.2) is 173 Å². The molecule has 2 saturated heterocycles. The van der Waals surface area contributed by atoms with Gasteiger partial charge >= 0.3 is 17.9 Å². The van der Waals surface area contributed by atoms with Crippen molar-refractivity contribution in [3.63, 3.8) is 0 Å². The van der Waals surface area contributed by atoms with Crippen molar-refractivity contribution >= 4 is 142 Å². The molecule has 0 spiro atoms. The van der Waals surface area contributed by atoms with E-state index in [-0.39, 0.29) is 104 Å². The number of primary amides is 4. The van der Waals surface area contributed by atoms with Crippen LogP contribution in [0.3, 0.4) is 0 Å². The SMILES string of the molecule is CC(C)(C)OC(=O)CBr.CC(C)(C)OC(=O)Cn1nc(C(N)=O)cc1-c1cccnc1.Cl.NC(=O)C1=NCC(c2cccnc2)=C1.NC(=O)c1cc(-c2cccnc2)n(CC(=O)N2C[C@H](F)C[C@H]2C(=O)Nc2cccc(Br)n2)n1.NC(=O)c1cc(-c2cccnc2)n(CC(=O)O)n1.O=C(Nc1cccc(Br)n1)[C@@H]1C[C@@H](F)CN1. The van der Waals surface area contributed by atoms with Crippen molar-refractivity contribution in [2.75, 3.05) is 35.6 Å². The van der Waals surface area contributed by atoms with Crippen molar-refractivity contribution in [1.29, 1.82) is 0 Å². The number of nitrogens with two attached hydrogens (primary N) is 4. The quantitative estimate of drug-likeness (QED) is 0.0223. The molecule has 3 aliphatic heterocycles. The van der Waals surface area contributed by atoms with Gasteiger partial charge in [0.05, 0.1) is 36.2 Å². The number of anilines is 2. The number of aliphatic imine (C=N–C) groups is 1. The zero-order valence-corrected chi connectivity index (χ0v) is 67.0. The molecule has 12 heterocycles. The minimum absolute atomic E-state index is 0. The summed E-state index contributed by atoms with van der Waals surface area (Å²) in [6.45, 7) is 10.6. The number of amides is 7. The first-order chi connectivity index (χ1) is 53.0. The number of pyridine rings is 6. The van der Waals surface area contributed by atoms with Crippen LogP contribution in [0.2, 0.25) is 0 Å². The number of nitrogens with one attached hydrogen (secondary N) is 3. The number of aliphatic carboxylic acids is 1. The van der Waals surface area contributed by atoms with E-state index in [1.54, 1.807) is 149 Å². The molecule has 0 radical (unpaired) electrons. The fourth-order valence-corrected chi connectivity index (χ4v) is 11.1. The van der Waals surface area contributed by atoms with Crippen molar-refractivity contribution < 1.29 is 71.3 Å². The predicted octanol–water partition coefficient (Wildman–Crippen LogP) is 7.33. The molecule has 7 amide bonds. The fraction of sp³-hybridized carbons (Fsp3) is 0.288. The largest absolute Gasteiger partial charge is 0.480 e. The standard InChI is InChI=1S/C21H19BrFN7O3.C15H18N4O3.C11H10N4O3.C10H11BrFN3O.C10H9N3O.C6H11BrO2.ClH/c22-17-4-1-5-18(26-17)27-21(33)16-7-13(23)10-29(16)19(31)11-30-15(8-14(28-30)20(24)32)12-3-2-6-25-9-12;1-15(2,3)22-13(20)9-19-12(7-11(18-19)14(16)21)10-5-4-6-17-8-10;12-11(18)8-4-9(7-2-1-3-13-5-7)15(14-8)6-10(16)17;11-8-2-1-3-9(14-8)15-10(16)7-4-6(12)5-13-7;11-10(14)9-4-8(6-13-9)7-2-1-3-12-5-7;1-6(2,3)9-5(8)4-7;/h1-6,8-9,13,16H,7,10-11H2,(H2,24,32)(H,26,27,33);4-8H,9H2,1-3H3,(H2,16,21);1-5H,6H2,(H2,12,18)(H,16,17);1-3,6-7,13H,4-5H2,(H,14,15,16);1-5H,6H2,(H2,11,14);4H2,1-3H3;1H/t13-,16+;;;6-,7+;;;/m1..1.../s1. The third-order valence-corrected chi connectivity index (χ3v) is 16.3. The number of alkyl halides is 3. The fourth-order valence-electron chi connectivity index (χ4n) is 10.3. The number of carbonyl (C=O) groups excluding carboxylic acids is 9. The second-order valence-electron chi connectivity index (χ2n) is 26.1. The van der Waals surface area contributed by atoms with Crippen molar-refractivity contribution in [2.45, 2.75) is 110 Å². The lowest BCUT2D eigenvalue weighted by atomic mass is 10.1. The minimum Gasteiger partial charge on any atom is -0.480 e. The Labute approximate surface area is 676 Å². The average Bonchev–Trinajstić information content (AvgIpc) is 1.67. The van der Waals surface area contributed by atoms with E-state index in [4.69, 9.17) is 37.5 Å². The molecule has 0 unspecified atom stereocenters. The summed E-state index contributed by atoms with van der Waals surface area (Å²) in [5.74, 6) is -4.90. The van der Waals surface area contributed by atoms with Gasteiger partial charge in [0, 0.05) is 85.7 Å². The highest BCUT2D eigenvalue weighted by molar-refractivity contribution is 9.10. The van der Waals surface area contributed by atoms with Crippen LogP contribution in [-0.4, -0.2) is 195 Å². The Morgan fingerprint density at radius 1 is 0.558 bits per heavy atom. The van der Waals surface area contributed by atoms with Gasteiger partial charge in [-0.3, -0.25) is 86.9 Å². The Balaban J connectivity index is 0.000000220. The molecule has 0 saturated carbocycles. The Bertz CT molecular complexity index is 4880. The highest BCUT2D eigenvalue weighted by Crippen LogP contribution is 2.27. The van der Waals surface area contributed by atoms with Crippen molar-refractivity contribution in [1.82, 2.24) is 69.5 Å². The molecule has 0 aliphatic carbocycles. The van der Waals surface area contributed by atoms with Gasteiger partial charge in [0.1, 0.15) is 81.1 Å². The predicted molar refractivity (Wildman–Crippen MR) is 423 cm³/mol. The molecule has 9 aromatic heterocycles. The average molecular weight is 1770 g/mol. The van der Waals surface area contributed by atoms with Gasteiger partial charge in [0.2, 0.25) is 17.7 Å². The molecule has 4 atom stereocenters. The number of halogens is 6. The molecule has 0 bridgehead atoms. The third-order valence-electron chi connectivity index (χ3n) is 15.0. The van der Waals surface area contributed by atoms with Gasteiger partial charge in [0.15, 0.2) is 17.1 Å². The summed E-state index contributed by atoms with van der Waals surface area (Å²) in [6, 6.07) is 27.4. The Kier molecular flexibility index (Phi) is 33.9. The molecular weight excluding hydrogens is 1690 g/mol. The molecule has 2 fully saturated rings. The first-order valence-corrected chi connectivity index (χ1v) is 36.4. The highest BCUT2D eigenvalue weighted by atomic mass is 79.9. The van der Waals surface area contributed by atoms with Crippen LogP contribution in [0.4, 0.5) is 20.4 Å². The van der Waals surface area contributed by atoms with Gasteiger partial charge in [-0.05, 0) is 176 Å². The molecule has 113 heavy (non-hydrogen) atoms. The number of esters is 2. The number of carboxylic acid groups (broad SMARTS) is 1. The van der Waals surface area contributed by atoms with Crippen LogP contribution in [0.25, 0.3) is 39.3 Å². The lowest BCUT2D eigenvalue weighted by Crippen LogP contribution is -2.44. The minimum atomic E-state index is -1.35. The van der Waals surface area contributed by atoms with Crippen LogP contribution in [0.5, 0.6) is 0 Å². The number of hydrogen-bond donors (Lipinski definition) is 8. The number of ether oxygens (including phenoxy) is 2. The van der Waals surface area contributed by atoms with E-state index < -0.39 is 77.4 Å². The molecule has 3 aliphatic rings. The van der Waals surface area contributed by atoms with E-state index in [1.807, 2.05) is 32.9 Å². The number of carbonyl (C=O) groups is 10. The van der Waals surface area contributed by atoms with E-state index in [1.165, 1.54) is 37.1 Å². The summed E-state index contributed by atoms with van der Waals surface area (Å²) >= 11 is 9.42. The number of nitrogens with zero attached hydrogens (tertiary/aromatic N) is 14. The zero-order valence-electron chi connectivity index (χ0n) is 61.4. The highest BCUT2D eigenvalue weighted by Gasteiger charge is 2.40. The van der Waals surface area contributed by atoms with E-state index >= 15 is 0 Å². The van der Waals surface area contributed by atoms with Gasteiger partial charge in [-0.15, -0.1) is 12.4 Å². The Hall–Kier alpha value is -11.8. The Morgan fingerprint density at radius 3 is 1.35 bits per heavy atom. The Morgan fingerprint density at radius 2 is 0.982 bits per heavy atom. The maximum atomic E-state index is 14.3. The van der Waals surface area contributed by atoms with Crippen molar-refractivity contribution in [3.8, 4) is 33.8 Å². The van der Waals surface area contributed by atoms with Gasteiger partial charge in [0.25, 0.3) is 23.6 Å². The van der Waals surface area contributed by atoms with Gasteiger partial charge < -0.3 is 58.4 Å². The van der Waals surface area contributed by atoms with Crippen LogP contribution in [0, 0.1) is 0 Å². The summed E-state index contributed by atoms with van der Waals surface area (Å²) in [5.41, 5.74) is 25.8. The summed E-state index contributed by atoms with van der Waals surface area (Å²) in [4.78, 5) is 145. The van der Waals surface area contributed by atoms with Gasteiger partial charge in [-0.1, -0.05) is 34.1 Å². The van der Waals surface area contributed by atoms with Gasteiger partial charge in [-0.25, -0.2) is 18.7 Å². The van der Waals surface area contributed by atoms with Crippen LogP contribution in [0.1, 0.15) is 91.4 Å². The first-order valence-electron chi connectivity index (χ1n) is 33.7. The van der Waals surface area contributed by atoms with Crippen LogP contribution >= 0.6 is 60.2 Å². The first kappa shape index (κ1) is 90.1. The topological polar surface area (TPSA) is 496 Å². The normalized spacial score (nSPS) is 15.2. The van der Waals surface area contributed by atoms with Gasteiger partial charge in [-0.2, -0.15) is 15.3 Å². The van der Waals surface area contributed by atoms with Crippen LogP contribution in [-0.2, 0) is 62.7 Å². The maximum absolute atomic E-state index is 14.3. The molecule has 0 aromatic carbocycles. The second kappa shape index (κ2) is 42.6. The number of likely N-dealkylation sites (tertiary alicyclic amines) is 1. The number of rotatable bonds is 19. The molecule has 12 N–H and O–H groups in total. The smallest absolute Gasteiger partial charge is 0.328 e. The summed E-state index contributed by atoms with van der Waals surface area (Å²) < 4.78 is 42.4. The van der Waals surface area contributed by atoms with E-state index in [0.717, 1.165) is 16.7 Å². The molecule has 9 aromatic rings. The third kappa shape index (κ3) is 29.1. The lowest BCUT2D eigenvalue weighted by molar-refractivity contribution is -0.156. The van der Waals surface area contributed by atoms with Crippen molar-refractivity contribution in [2.24, 2.45) is 27.9 Å². The number of hydrogen-bond acceptors (Lipinski definition) is 23. The maximum Gasteiger partial charge on any atom is 0.328 e. The summed E-state index contributed by atoms with van der Waals surface area (Å²) in [6.07, 6.45) is 12.5. The molecular formula is C73H79Br3ClF2N21O13. The van der Waals surface area contributed by atoms with Crippen LogP contribution < -0.4 is 38.9 Å². The molecule has 40 heteroatoms. The summed E-state index contributed by atoms with van der Waals surface area (Å²) in [5, 5.41) is 29.2. The second-order valence-corrected chi connectivity index (χ2v) is 28.3. The zero-order chi connectivity index (χ0) is 82.0. The molecule has 596 valence electrons. The van der Waals surface area contributed by atoms with E-state index in [9.17, 15) is 56.7 Å².